The number of aliphatic hydroxyl groups is 1. The van der Waals surface area contributed by atoms with Gasteiger partial charge >= 0.3 is 0 Å². The summed E-state index contributed by atoms with van der Waals surface area (Å²) in [7, 11) is 0. The molecule has 0 amide bonds. The first-order chi connectivity index (χ1) is 7.26. The van der Waals surface area contributed by atoms with Crippen molar-refractivity contribution in [3.05, 3.63) is 23.9 Å². The van der Waals surface area contributed by atoms with Crippen LogP contribution < -0.4 is 5.73 Å². The Morgan fingerprint density at radius 2 is 2.20 bits per heavy atom. The lowest BCUT2D eigenvalue weighted by molar-refractivity contribution is 0.189. The molecular formula is C11H19N3O. The number of hydrogen-bond donors (Lipinski definition) is 2. The summed E-state index contributed by atoms with van der Waals surface area (Å²) in [5, 5.41) is 8.91. The molecule has 0 spiro atoms. The summed E-state index contributed by atoms with van der Waals surface area (Å²) in [5.74, 6) is 0.549. The molecule has 15 heavy (non-hydrogen) atoms. The number of hydrogen-bond acceptors (Lipinski definition) is 4. The van der Waals surface area contributed by atoms with E-state index in [4.69, 9.17) is 10.8 Å². The second-order valence-electron chi connectivity index (χ2n) is 3.55. The highest BCUT2D eigenvalue weighted by Gasteiger charge is 2.05. The van der Waals surface area contributed by atoms with Crippen LogP contribution in [0.1, 0.15) is 19.0 Å². The van der Waals surface area contributed by atoms with Gasteiger partial charge in [-0.1, -0.05) is 13.0 Å². The number of anilines is 1. The SMILES string of the molecule is CCCN(CCO)Cc1cccc(N)n1. The lowest BCUT2D eigenvalue weighted by atomic mass is 10.3. The van der Waals surface area contributed by atoms with Crippen molar-refractivity contribution in [2.75, 3.05) is 25.4 Å². The molecule has 0 atom stereocenters. The van der Waals surface area contributed by atoms with Gasteiger partial charge in [0.25, 0.3) is 0 Å². The van der Waals surface area contributed by atoms with E-state index in [0.717, 1.165) is 25.2 Å². The summed E-state index contributed by atoms with van der Waals surface area (Å²) in [6.45, 7) is 4.71. The van der Waals surface area contributed by atoms with E-state index >= 15 is 0 Å². The monoisotopic (exact) mass is 209 g/mol. The second kappa shape index (κ2) is 6.37. The number of aromatic nitrogens is 1. The van der Waals surface area contributed by atoms with Crippen LogP contribution in [0.2, 0.25) is 0 Å². The first-order valence-electron chi connectivity index (χ1n) is 5.31. The van der Waals surface area contributed by atoms with Crippen LogP contribution in [0.4, 0.5) is 5.82 Å². The van der Waals surface area contributed by atoms with E-state index in [9.17, 15) is 0 Å². The highest BCUT2D eigenvalue weighted by molar-refractivity contribution is 5.28. The highest BCUT2D eigenvalue weighted by atomic mass is 16.3. The smallest absolute Gasteiger partial charge is 0.123 e. The molecule has 0 saturated heterocycles. The Morgan fingerprint density at radius 1 is 1.40 bits per heavy atom. The summed E-state index contributed by atoms with van der Waals surface area (Å²) in [4.78, 5) is 6.40. The molecule has 0 aromatic carbocycles. The maximum Gasteiger partial charge on any atom is 0.123 e. The Hall–Kier alpha value is -1.13. The Balaban J connectivity index is 2.56. The zero-order chi connectivity index (χ0) is 11.1. The number of rotatable bonds is 6. The molecule has 0 aliphatic rings. The molecule has 3 N–H and O–H groups in total. The van der Waals surface area contributed by atoms with Gasteiger partial charge in [0, 0.05) is 13.1 Å². The maximum atomic E-state index is 8.91. The lowest BCUT2D eigenvalue weighted by Gasteiger charge is -2.19. The topological polar surface area (TPSA) is 62.4 Å². The standard InChI is InChI=1S/C11H19N3O/c1-2-6-14(7-8-15)9-10-4-3-5-11(12)13-10/h3-5,15H,2,6-9H2,1H3,(H2,12,13). The number of nitrogens with two attached hydrogens (primary N) is 1. The van der Waals surface area contributed by atoms with E-state index in [0.29, 0.717) is 12.4 Å². The minimum atomic E-state index is 0.183. The van der Waals surface area contributed by atoms with E-state index in [2.05, 4.69) is 16.8 Å². The number of aliphatic hydroxyl groups excluding tert-OH is 1. The quantitative estimate of drug-likeness (QED) is 0.729. The molecule has 1 rings (SSSR count). The van der Waals surface area contributed by atoms with Crippen molar-refractivity contribution >= 4 is 5.82 Å². The average Bonchev–Trinajstić information content (AvgIpc) is 2.18. The van der Waals surface area contributed by atoms with Crippen molar-refractivity contribution in [1.29, 1.82) is 0 Å². The molecule has 0 bridgehead atoms. The van der Waals surface area contributed by atoms with Gasteiger partial charge in [0.05, 0.1) is 12.3 Å². The zero-order valence-corrected chi connectivity index (χ0v) is 9.19. The molecular weight excluding hydrogens is 190 g/mol. The summed E-state index contributed by atoms with van der Waals surface area (Å²) in [6, 6.07) is 5.64. The largest absolute Gasteiger partial charge is 0.395 e. The minimum absolute atomic E-state index is 0.183. The van der Waals surface area contributed by atoms with Gasteiger partial charge in [-0.25, -0.2) is 4.98 Å². The molecule has 0 aliphatic heterocycles. The summed E-state index contributed by atoms with van der Waals surface area (Å²) >= 11 is 0. The second-order valence-corrected chi connectivity index (χ2v) is 3.55. The van der Waals surface area contributed by atoms with E-state index in [1.54, 1.807) is 6.07 Å². The fourth-order valence-corrected chi connectivity index (χ4v) is 1.54. The molecule has 0 fully saturated rings. The van der Waals surface area contributed by atoms with Gasteiger partial charge in [-0.05, 0) is 25.1 Å². The molecule has 0 radical (unpaired) electrons. The number of pyridine rings is 1. The van der Waals surface area contributed by atoms with Crippen LogP contribution in [-0.4, -0.2) is 34.7 Å². The van der Waals surface area contributed by atoms with Gasteiger partial charge in [-0.3, -0.25) is 4.90 Å². The molecule has 0 saturated carbocycles. The van der Waals surface area contributed by atoms with Crippen molar-refractivity contribution in [3.8, 4) is 0 Å². The predicted octanol–water partition coefficient (Wildman–Crippen LogP) is 0.868. The molecule has 0 aliphatic carbocycles. The Bertz CT molecular complexity index is 285. The summed E-state index contributed by atoms with van der Waals surface area (Å²) in [6.07, 6.45) is 1.07. The van der Waals surface area contributed by atoms with Crippen LogP contribution in [0.3, 0.4) is 0 Å². The first-order valence-corrected chi connectivity index (χ1v) is 5.31. The van der Waals surface area contributed by atoms with Gasteiger partial charge in [0.2, 0.25) is 0 Å². The van der Waals surface area contributed by atoms with Crippen LogP contribution in [0.25, 0.3) is 0 Å². The lowest BCUT2D eigenvalue weighted by Crippen LogP contribution is -2.27. The van der Waals surface area contributed by atoms with Gasteiger partial charge in [-0.15, -0.1) is 0 Å². The van der Waals surface area contributed by atoms with E-state index in [1.807, 2.05) is 12.1 Å². The number of nitrogens with zero attached hydrogens (tertiary/aromatic N) is 2. The van der Waals surface area contributed by atoms with Crippen LogP contribution >= 0.6 is 0 Å². The van der Waals surface area contributed by atoms with Crippen molar-refractivity contribution < 1.29 is 5.11 Å². The molecule has 4 nitrogen and oxygen atoms in total. The van der Waals surface area contributed by atoms with E-state index < -0.39 is 0 Å². The van der Waals surface area contributed by atoms with Crippen molar-refractivity contribution in [3.63, 3.8) is 0 Å². The summed E-state index contributed by atoms with van der Waals surface area (Å²) in [5.41, 5.74) is 6.56. The van der Waals surface area contributed by atoms with Crippen molar-refractivity contribution in [2.24, 2.45) is 0 Å². The third-order valence-corrected chi connectivity index (χ3v) is 2.17. The minimum Gasteiger partial charge on any atom is -0.395 e. The third-order valence-electron chi connectivity index (χ3n) is 2.17. The molecule has 4 heteroatoms. The fourth-order valence-electron chi connectivity index (χ4n) is 1.54. The predicted molar refractivity (Wildman–Crippen MR) is 61.3 cm³/mol. The van der Waals surface area contributed by atoms with Gasteiger partial charge in [-0.2, -0.15) is 0 Å². The Morgan fingerprint density at radius 3 is 2.80 bits per heavy atom. The highest BCUT2D eigenvalue weighted by Crippen LogP contribution is 2.04. The molecule has 0 unspecified atom stereocenters. The van der Waals surface area contributed by atoms with E-state index in [1.165, 1.54) is 0 Å². The third kappa shape index (κ3) is 4.27. The zero-order valence-electron chi connectivity index (χ0n) is 9.19. The molecule has 1 aromatic rings. The van der Waals surface area contributed by atoms with E-state index in [-0.39, 0.29) is 6.61 Å². The number of nitrogen functional groups attached to an aromatic ring is 1. The first kappa shape index (κ1) is 11.9. The van der Waals surface area contributed by atoms with Crippen LogP contribution in [-0.2, 0) is 6.54 Å². The van der Waals surface area contributed by atoms with Crippen LogP contribution in [0.15, 0.2) is 18.2 Å². The van der Waals surface area contributed by atoms with Crippen molar-refractivity contribution in [1.82, 2.24) is 9.88 Å². The molecule has 1 heterocycles. The van der Waals surface area contributed by atoms with Gasteiger partial charge in [0.1, 0.15) is 5.82 Å². The molecule has 84 valence electrons. The Labute approximate surface area is 90.7 Å². The molecule has 1 aromatic heterocycles. The van der Waals surface area contributed by atoms with Crippen molar-refractivity contribution in [2.45, 2.75) is 19.9 Å². The van der Waals surface area contributed by atoms with Crippen LogP contribution in [0, 0.1) is 0 Å². The van der Waals surface area contributed by atoms with Gasteiger partial charge in [0.15, 0.2) is 0 Å². The maximum absolute atomic E-state index is 8.91. The van der Waals surface area contributed by atoms with Gasteiger partial charge < -0.3 is 10.8 Å². The normalized spacial score (nSPS) is 10.9. The summed E-state index contributed by atoms with van der Waals surface area (Å²) < 4.78 is 0. The average molecular weight is 209 g/mol. The fraction of sp³-hybridized carbons (Fsp3) is 0.545. The Kier molecular flexibility index (Phi) is 5.07. The van der Waals surface area contributed by atoms with Crippen LogP contribution in [0.5, 0.6) is 0 Å².